The summed E-state index contributed by atoms with van der Waals surface area (Å²) in [5.41, 5.74) is 0.550. The summed E-state index contributed by atoms with van der Waals surface area (Å²) in [5, 5.41) is 0. The fourth-order valence-corrected chi connectivity index (χ4v) is 2.47. The summed E-state index contributed by atoms with van der Waals surface area (Å²) in [6.07, 6.45) is 2.74. The first-order valence-electron chi connectivity index (χ1n) is 5.11. The van der Waals surface area contributed by atoms with Crippen molar-refractivity contribution in [1.82, 2.24) is 4.90 Å². The van der Waals surface area contributed by atoms with Crippen LogP contribution in [0.2, 0.25) is 0 Å². The van der Waals surface area contributed by atoms with Gasteiger partial charge in [0.25, 0.3) is 0 Å². The van der Waals surface area contributed by atoms with E-state index in [0.29, 0.717) is 5.41 Å². The normalized spacial score (nSPS) is 30.0. The van der Waals surface area contributed by atoms with Gasteiger partial charge in [-0.05, 0) is 31.2 Å². The SMILES string of the molecule is CC(C)C[C@@H]1CC(C)(C)CN1C. The van der Waals surface area contributed by atoms with E-state index in [4.69, 9.17) is 0 Å². The van der Waals surface area contributed by atoms with Crippen molar-refractivity contribution in [3.63, 3.8) is 0 Å². The van der Waals surface area contributed by atoms with E-state index in [2.05, 4.69) is 39.6 Å². The van der Waals surface area contributed by atoms with Gasteiger partial charge < -0.3 is 4.90 Å². The Kier molecular flexibility index (Phi) is 2.82. The summed E-state index contributed by atoms with van der Waals surface area (Å²) in [6, 6.07) is 0.833. The lowest BCUT2D eigenvalue weighted by Crippen LogP contribution is -2.26. The van der Waals surface area contributed by atoms with Gasteiger partial charge in [-0.1, -0.05) is 27.7 Å². The van der Waals surface area contributed by atoms with Gasteiger partial charge >= 0.3 is 0 Å². The molecule has 0 aromatic rings. The monoisotopic (exact) mass is 169 g/mol. The third-order valence-corrected chi connectivity index (χ3v) is 2.83. The number of hydrogen-bond donors (Lipinski definition) is 0. The summed E-state index contributed by atoms with van der Waals surface area (Å²) in [7, 11) is 2.27. The Hall–Kier alpha value is -0.0400. The van der Waals surface area contributed by atoms with Crippen molar-refractivity contribution in [2.24, 2.45) is 11.3 Å². The van der Waals surface area contributed by atoms with Crippen molar-refractivity contribution in [2.45, 2.75) is 46.6 Å². The molecule has 1 fully saturated rings. The van der Waals surface area contributed by atoms with Gasteiger partial charge in [0.2, 0.25) is 0 Å². The van der Waals surface area contributed by atoms with Crippen molar-refractivity contribution < 1.29 is 0 Å². The molecule has 1 atom stereocenters. The number of nitrogens with zero attached hydrogens (tertiary/aromatic N) is 1. The van der Waals surface area contributed by atoms with Crippen LogP contribution in [0.5, 0.6) is 0 Å². The molecule has 0 amide bonds. The minimum Gasteiger partial charge on any atom is -0.303 e. The summed E-state index contributed by atoms with van der Waals surface area (Å²) < 4.78 is 0. The first kappa shape index (κ1) is 10.0. The molecule has 1 nitrogen and oxygen atoms in total. The van der Waals surface area contributed by atoms with Crippen LogP contribution in [0.4, 0.5) is 0 Å². The van der Waals surface area contributed by atoms with Crippen LogP contribution in [0, 0.1) is 11.3 Å². The molecule has 0 aromatic carbocycles. The highest BCUT2D eigenvalue weighted by atomic mass is 15.2. The summed E-state index contributed by atoms with van der Waals surface area (Å²) in [5.74, 6) is 0.839. The molecule has 1 heteroatoms. The molecule has 0 radical (unpaired) electrons. The van der Waals surface area contributed by atoms with Crippen molar-refractivity contribution in [3.8, 4) is 0 Å². The highest BCUT2D eigenvalue weighted by Crippen LogP contribution is 2.35. The molecule has 0 aliphatic carbocycles. The van der Waals surface area contributed by atoms with Crippen LogP contribution in [-0.4, -0.2) is 24.5 Å². The van der Waals surface area contributed by atoms with Gasteiger partial charge in [0.15, 0.2) is 0 Å². The average molecular weight is 169 g/mol. The number of likely N-dealkylation sites (tertiary alicyclic amines) is 1. The van der Waals surface area contributed by atoms with Crippen molar-refractivity contribution in [3.05, 3.63) is 0 Å². The second kappa shape index (κ2) is 3.37. The molecule has 72 valence electrons. The summed E-state index contributed by atoms with van der Waals surface area (Å²) >= 11 is 0. The van der Waals surface area contributed by atoms with E-state index in [9.17, 15) is 0 Å². The van der Waals surface area contributed by atoms with E-state index in [0.717, 1.165) is 12.0 Å². The van der Waals surface area contributed by atoms with Crippen molar-refractivity contribution in [2.75, 3.05) is 13.6 Å². The molecule has 1 saturated heterocycles. The maximum absolute atomic E-state index is 2.53. The van der Waals surface area contributed by atoms with Gasteiger partial charge in [-0.25, -0.2) is 0 Å². The third kappa shape index (κ3) is 2.48. The number of rotatable bonds is 2. The molecule has 0 saturated carbocycles. The van der Waals surface area contributed by atoms with Crippen LogP contribution in [0.3, 0.4) is 0 Å². The van der Waals surface area contributed by atoms with Gasteiger partial charge in [0.1, 0.15) is 0 Å². The Morgan fingerprint density at radius 3 is 2.33 bits per heavy atom. The van der Waals surface area contributed by atoms with Crippen LogP contribution < -0.4 is 0 Å². The quantitative estimate of drug-likeness (QED) is 0.614. The van der Waals surface area contributed by atoms with Crippen LogP contribution >= 0.6 is 0 Å². The highest BCUT2D eigenvalue weighted by Gasteiger charge is 2.34. The second-order valence-corrected chi connectivity index (χ2v) is 5.57. The first-order valence-corrected chi connectivity index (χ1v) is 5.11. The van der Waals surface area contributed by atoms with E-state index < -0.39 is 0 Å². The molecule has 12 heavy (non-hydrogen) atoms. The topological polar surface area (TPSA) is 3.24 Å². The van der Waals surface area contributed by atoms with Gasteiger partial charge in [0, 0.05) is 12.6 Å². The fraction of sp³-hybridized carbons (Fsp3) is 1.00. The molecule has 1 heterocycles. The van der Waals surface area contributed by atoms with E-state index in [1.165, 1.54) is 19.4 Å². The molecule has 1 rings (SSSR count). The van der Waals surface area contributed by atoms with E-state index >= 15 is 0 Å². The molecule has 0 aromatic heterocycles. The summed E-state index contributed by atoms with van der Waals surface area (Å²) in [4.78, 5) is 2.53. The zero-order valence-electron chi connectivity index (χ0n) is 9.22. The Labute approximate surface area is 77.1 Å². The predicted molar refractivity (Wildman–Crippen MR) is 54.3 cm³/mol. The molecule has 0 spiro atoms. The summed E-state index contributed by atoms with van der Waals surface area (Å²) in [6.45, 7) is 10.7. The van der Waals surface area contributed by atoms with E-state index in [-0.39, 0.29) is 0 Å². The molecular weight excluding hydrogens is 146 g/mol. The van der Waals surface area contributed by atoms with Gasteiger partial charge in [0.05, 0.1) is 0 Å². The zero-order chi connectivity index (χ0) is 9.35. The fourth-order valence-electron chi connectivity index (χ4n) is 2.47. The molecule has 0 unspecified atom stereocenters. The lowest BCUT2D eigenvalue weighted by Gasteiger charge is -2.20. The van der Waals surface area contributed by atoms with Crippen LogP contribution in [0.1, 0.15) is 40.5 Å². The average Bonchev–Trinajstić information content (AvgIpc) is 2.03. The third-order valence-electron chi connectivity index (χ3n) is 2.83. The highest BCUT2D eigenvalue weighted by molar-refractivity contribution is 4.89. The molecule has 1 aliphatic heterocycles. The Morgan fingerprint density at radius 1 is 1.42 bits per heavy atom. The minimum atomic E-state index is 0.550. The van der Waals surface area contributed by atoms with Crippen LogP contribution in [-0.2, 0) is 0 Å². The maximum atomic E-state index is 2.53. The zero-order valence-corrected chi connectivity index (χ0v) is 9.22. The standard InChI is InChI=1S/C11H23N/c1-9(2)6-10-7-11(3,4)8-12(10)5/h9-10H,6-8H2,1-5H3/t10-/m1/s1. The molecular formula is C11H23N. The van der Waals surface area contributed by atoms with Crippen molar-refractivity contribution >= 4 is 0 Å². The Balaban J connectivity index is 2.47. The lowest BCUT2D eigenvalue weighted by molar-refractivity contribution is 0.267. The van der Waals surface area contributed by atoms with E-state index in [1.807, 2.05) is 0 Å². The number of hydrogen-bond acceptors (Lipinski definition) is 1. The van der Waals surface area contributed by atoms with Crippen LogP contribution in [0.25, 0.3) is 0 Å². The van der Waals surface area contributed by atoms with Crippen LogP contribution in [0.15, 0.2) is 0 Å². The minimum absolute atomic E-state index is 0.550. The lowest BCUT2D eigenvalue weighted by atomic mass is 9.88. The van der Waals surface area contributed by atoms with Gasteiger partial charge in [-0.15, -0.1) is 0 Å². The second-order valence-electron chi connectivity index (χ2n) is 5.57. The predicted octanol–water partition coefficient (Wildman–Crippen LogP) is 2.76. The van der Waals surface area contributed by atoms with Gasteiger partial charge in [-0.2, -0.15) is 0 Å². The van der Waals surface area contributed by atoms with Crippen molar-refractivity contribution in [1.29, 1.82) is 0 Å². The van der Waals surface area contributed by atoms with E-state index in [1.54, 1.807) is 0 Å². The largest absolute Gasteiger partial charge is 0.303 e. The maximum Gasteiger partial charge on any atom is 0.0100 e. The molecule has 1 aliphatic rings. The smallest absolute Gasteiger partial charge is 0.0100 e. The van der Waals surface area contributed by atoms with Gasteiger partial charge in [-0.3, -0.25) is 0 Å². The molecule has 0 N–H and O–H groups in total. The first-order chi connectivity index (χ1) is 5.41. The Bertz CT molecular complexity index is 149. The Morgan fingerprint density at radius 2 is 2.00 bits per heavy atom. The molecule has 0 bridgehead atoms.